The molecular formula is C16H25N3O. The molecule has 1 aliphatic rings. The number of hydrogen-bond donors (Lipinski definition) is 1. The van der Waals surface area contributed by atoms with Gasteiger partial charge in [0.25, 0.3) is 0 Å². The summed E-state index contributed by atoms with van der Waals surface area (Å²) in [5, 5.41) is 0. The Balaban J connectivity index is 1.88. The number of carbonyl (C=O) groups is 1. The predicted molar refractivity (Wildman–Crippen MR) is 82.5 cm³/mol. The van der Waals surface area contributed by atoms with Crippen LogP contribution in [-0.4, -0.2) is 48.9 Å². The molecule has 1 aromatic carbocycles. The van der Waals surface area contributed by atoms with Gasteiger partial charge in [-0.25, -0.2) is 0 Å². The Morgan fingerprint density at radius 3 is 2.95 bits per heavy atom. The minimum absolute atomic E-state index is 0.275. The van der Waals surface area contributed by atoms with Crippen molar-refractivity contribution in [2.75, 3.05) is 32.9 Å². The smallest absolute Gasteiger partial charge is 0.223 e. The maximum absolute atomic E-state index is 12.4. The Hall–Kier alpha value is -1.55. The van der Waals surface area contributed by atoms with Crippen molar-refractivity contribution in [3.05, 3.63) is 29.8 Å². The standard InChI is InChI=1S/C16H25N3O/c1-18(2)12-15-7-4-10-19(15)16(20)9-8-13-5-3-6-14(17)11-13/h3,5-6,11,15H,4,7-10,12,17H2,1-2H3. The molecule has 0 aromatic heterocycles. The van der Waals surface area contributed by atoms with E-state index in [0.717, 1.165) is 43.6 Å². The monoisotopic (exact) mass is 275 g/mol. The van der Waals surface area contributed by atoms with E-state index in [4.69, 9.17) is 5.73 Å². The zero-order valence-electron chi connectivity index (χ0n) is 12.5. The van der Waals surface area contributed by atoms with Gasteiger partial charge in [0.05, 0.1) is 0 Å². The van der Waals surface area contributed by atoms with Crippen LogP contribution < -0.4 is 5.73 Å². The highest BCUT2D eigenvalue weighted by Crippen LogP contribution is 2.19. The summed E-state index contributed by atoms with van der Waals surface area (Å²) in [6.45, 7) is 1.87. The first-order valence-corrected chi connectivity index (χ1v) is 7.35. The van der Waals surface area contributed by atoms with Gasteiger partial charge in [-0.15, -0.1) is 0 Å². The number of nitrogen functional groups attached to an aromatic ring is 1. The highest BCUT2D eigenvalue weighted by Gasteiger charge is 2.28. The van der Waals surface area contributed by atoms with Crippen LogP contribution in [0.3, 0.4) is 0 Å². The molecule has 20 heavy (non-hydrogen) atoms. The molecule has 2 N–H and O–H groups in total. The van der Waals surface area contributed by atoms with Gasteiger partial charge < -0.3 is 15.5 Å². The second-order valence-corrected chi connectivity index (χ2v) is 5.89. The van der Waals surface area contributed by atoms with Gasteiger partial charge in [0, 0.05) is 31.2 Å². The van der Waals surface area contributed by atoms with E-state index in [1.165, 1.54) is 0 Å². The molecule has 0 radical (unpaired) electrons. The number of benzene rings is 1. The Labute approximate surface area is 121 Å². The van der Waals surface area contributed by atoms with Crippen molar-refractivity contribution < 1.29 is 4.79 Å². The zero-order valence-corrected chi connectivity index (χ0v) is 12.5. The van der Waals surface area contributed by atoms with Crippen molar-refractivity contribution in [2.45, 2.75) is 31.7 Å². The van der Waals surface area contributed by atoms with Gasteiger partial charge >= 0.3 is 0 Å². The number of nitrogens with two attached hydrogens (primary N) is 1. The Bertz CT molecular complexity index is 459. The van der Waals surface area contributed by atoms with Gasteiger partial charge in [-0.2, -0.15) is 0 Å². The van der Waals surface area contributed by atoms with Gasteiger partial charge in [-0.05, 0) is 51.1 Å². The fourth-order valence-corrected chi connectivity index (χ4v) is 2.92. The molecular weight excluding hydrogens is 250 g/mol. The summed E-state index contributed by atoms with van der Waals surface area (Å²) in [6, 6.07) is 8.19. The van der Waals surface area contributed by atoms with Crippen LogP contribution in [0.5, 0.6) is 0 Å². The fraction of sp³-hybridized carbons (Fsp3) is 0.562. The normalized spacial score (nSPS) is 18.8. The van der Waals surface area contributed by atoms with Crippen LogP contribution in [0.15, 0.2) is 24.3 Å². The largest absolute Gasteiger partial charge is 0.399 e. The molecule has 1 heterocycles. The number of carbonyl (C=O) groups excluding carboxylic acids is 1. The molecule has 4 nitrogen and oxygen atoms in total. The molecule has 110 valence electrons. The van der Waals surface area contributed by atoms with E-state index in [2.05, 4.69) is 23.9 Å². The number of likely N-dealkylation sites (N-methyl/N-ethyl adjacent to an activating group) is 1. The number of nitrogens with zero attached hydrogens (tertiary/aromatic N) is 2. The van der Waals surface area contributed by atoms with Crippen molar-refractivity contribution in [3.63, 3.8) is 0 Å². The quantitative estimate of drug-likeness (QED) is 0.833. The predicted octanol–water partition coefficient (Wildman–Crippen LogP) is 1.75. The molecule has 0 saturated carbocycles. The molecule has 1 fully saturated rings. The zero-order chi connectivity index (χ0) is 14.5. The van der Waals surface area contributed by atoms with Gasteiger partial charge in [0.1, 0.15) is 0 Å². The second-order valence-electron chi connectivity index (χ2n) is 5.89. The van der Waals surface area contributed by atoms with Crippen LogP contribution in [0.4, 0.5) is 5.69 Å². The lowest BCUT2D eigenvalue weighted by atomic mass is 10.1. The second kappa shape index (κ2) is 6.75. The van der Waals surface area contributed by atoms with Gasteiger partial charge in [-0.1, -0.05) is 12.1 Å². The first-order chi connectivity index (χ1) is 9.56. The summed E-state index contributed by atoms with van der Waals surface area (Å²) in [7, 11) is 4.13. The van der Waals surface area contributed by atoms with E-state index in [9.17, 15) is 4.79 Å². The molecule has 0 aliphatic carbocycles. The van der Waals surface area contributed by atoms with Crippen molar-refractivity contribution in [1.29, 1.82) is 0 Å². The lowest BCUT2D eigenvalue weighted by molar-refractivity contribution is -0.132. The summed E-state index contributed by atoms with van der Waals surface area (Å²) in [5.74, 6) is 0.275. The molecule has 1 amide bonds. The van der Waals surface area contributed by atoms with E-state index in [0.29, 0.717) is 12.5 Å². The van der Waals surface area contributed by atoms with Crippen molar-refractivity contribution in [2.24, 2.45) is 0 Å². The topological polar surface area (TPSA) is 49.6 Å². The third kappa shape index (κ3) is 3.97. The summed E-state index contributed by atoms with van der Waals surface area (Å²) in [5.41, 5.74) is 7.67. The molecule has 1 aliphatic heterocycles. The highest BCUT2D eigenvalue weighted by molar-refractivity contribution is 5.77. The van der Waals surface area contributed by atoms with Crippen LogP contribution in [0, 0.1) is 0 Å². The van der Waals surface area contributed by atoms with Gasteiger partial charge in [0.15, 0.2) is 0 Å². The first-order valence-electron chi connectivity index (χ1n) is 7.35. The van der Waals surface area contributed by atoms with E-state index in [1.54, 1.807) is 0 Å². The van der Waals surface area contributed by atoms with Gasteiger partial charge in [0.2, 0.25) is 5.91 Å². The van der Waals surface area contributed by atoms with Crippen LogP contribution in [0.25, 0.3) is 0 Å². The van der Waals surface area contributed by atoms with E-state index < -0.39 is 0 Å². The molecule has 1 aromatic rings. The number of anilines is 1. The van der Waals surface area contributed by atoms with Crippen molar-refractivity contribution in [3.8, 4) is 0 Å². The summed E-state index contributed by atoms with van der Waals surface area (Å²) < 4.78 is 0. The number of likely N-dealkylation sites (tertiary alicyclic amines) is 1. The molecule has 2 rings (SSSR count). The third-order valence-corrected chi connectivity index (χ3v) is 3.85. The third-order valence-electron chi connectivity index (χ3n) is 3.85. The average molecular weight is 275 g/mol. The molecule has 1 saturated heterocycles. The van der Waals surface area contributed by atoms with Crippen molar-refractivity contribution >= 4 is 11.6 Å². The molecule has 4 heteroatoms. The molecule has 0 spiro atoms. The van der Waals surface area contributed by atoms with Crippen molar-refractivity contribution in [1.82, 2.24) is 9.80 Å². The highest BCUT2D eigenvalue weighted by atomic mass is 16.2. The first kappa shape index (κ1) is 14.9. The number of rotatable bonds is 5. The van der Waals surface area contributed by atoms with E-state index >= 15 is 0 Å². The Morgan fingerprint density at radius 1 is 1.45 bits per heavy atom. The maximum atomic E-state index is 12.4. The van der Waals surface area contributed by atoms with E-state index in [-0.39, 0.29) is 5.91 Å². The fourth-order valence-electron chi connectivity index (χ4n) is 2.92. The lowest BCUT2D eigenvalue weighted by Gasteiger charge is -2.27. The summed E-state index contributed by atoms with van der Waals surface area (Å²) in [6.07, 6.45) is 3.60. The molecule has 0 bridgehead atoms. The lowest BCUT2D eigenvalue weighted by Crippen LogP contribution is -2.41. The summed E-state index contributed by atoms with van der Waals surface area (Å²) in [4.78, 5) is 16.6. The van der Waals surface area contributed by atoms with Crippen LogP contribution in [0.2, 0.25) is 0 Å². The average Bonchev–Trinajstić information content (AvgIpc) is 2.83. The van der Waals surface area contributed by atoms with E-state index in [1.807, 2.05) is 24.3 Å². The number of amides is 1. The number of hydrogen-bond acceptors (Lipinski definition) is 3. The van der Waals surface area contributed by atoms with Crippen LogP contribution in [0.1, 0.15) is 24.8 Å². The van der Waals surface area contributed by atoms with Crippen LogP contribution in [-0.2, 0) is 11.2 Å². The maximum Gasteiger partial charge on any atom is 0.223 e. The molecule has 1 atom stereocenters. The minimum atomic E-state index is 0.275. The molecule has 1 unspecified atom stereocenters. The van der Waals surface area contributed by atoms with Crippen LogP contribution >= 0.6 is 0 Å². The SMILES string of the molecule is CN(C)CC1CCCN1C(=O)CCc1cccc(N)c1. The summed E-state index contributed by atoms with van der Waals surface area (Å²) >= 11 is 0. The Kier molecular flexibility index (Phi) is 5.01. The minimum Gasteiger partial charge on any atom is -0.399 e. The number of aryl methyl sites for hydroxylation is 1. The van der Waals surface area contributed by atoms with Gasteiger partial charge in [-0.3, -0.25) is 4.79 Å². The Morgan fingerprint density at radius 2 is 2.25 bits per heavy atom.